The first-order chi connectivity index (χ1) is 13.0. The molecule has 2 aliphatic rings. The van der Waals surface area contributed by atoms with Crippen LogP contribution in [0.3, 0.4) is 0 Å². The Morgan fingerprint density at radius 2 is 2.22 bits per heavy atom. The Labute approximate surface area is 157 Å². The molecule has 27 heavy (non-hydrogen) atoms. The van der Waals surface area contributed by atoms with E-state index in [1.807, 2.05) is 42.2 Å². The molecule has 1 unspecified atom stereocenters. The van der Waals surface area contributed by atoms with Crippen LogP contribution in [-0.4, -0.2) is 42.2 Å². The van der Waals surface area contributed by atoms with Crippen molar-refractivity contribution in [3.05, 3.63) is 42.2 Å². The molecule has 0 aliphatic carbocycles. The minimum absolute atomic E-state index is 0.0858. The normalized spacial score (nSPS) is 25.2. The summed E-state index contributed by atoms with van der Waals surface area (Å²) in [6.45, 7) is 3.28. The highest BCUT2D eigenvalue weighted by molar-refractivity contribution is 7.53. The first-order valence-corrected chi connectivity index (χ1v) is 10.4. The molecule has 1 aromatic carbocycles. The number of ether oxygens (including phenoxy) is 1. The summed E-state index contributed by atoms with van der Waals surface area (Å²) in [5.74, 6) is 1.15. The van der Waals surface area contributed by atoms with Crippen LogP contribution in [0, 0.1) is 0 Å². The first-order valence-electron chi connectivity index (χ1n) is 8.72. The van der Waals surface area contributed by atoms with Crippen LogP contribution in [0.15, 0.2) is 36.7 Å². The minimum Gasteiger partial charge on any atom is -0.382 e. The van der Waals surface area contributed by atoms with Crippen LogP contribution < -0.4 is 16.0 Å². The molecule has 4 rings (SSSR count). The molecule has 9 nitrogen and oxygen atoms in total. The number of nitrogens with two attached hydrogens (primary N) is 1. The molecule has 3 atom stereocenters. The van der Waals surface area contributed by atoms with Crippen molar-refractivity contribution in [3.63, 3.8) is 0 Å². The van der Waals surface area contributed by atoms with Crippen molar-refractivity contribution in [1.82, 2.24) is 9.97 Å². The third-order valence-corrected chi connectivity index (χ3v) is 6.06. The number of benzene rings is 1. The fourth-order valence-corrected chi connectivity index (χ4v) is 4.68. The van der Waals surface area contributed by atoms with Gasteiger partial charge in [-0.15, -0.1) is 0 Å². The number of hydrogen-bond donors (Lipinski definition) is 2. The Balaban J connectivity index is 1.31. The maximum atomic E-state index is 12.7. The highest BCUT2D eigenvalue weighted by atomic mass is 31.2. The van der Waals surface area contributed by atoms with Gasteiger partial charge in [0.15, 0.2) is 11.6 Å². The second kappa shape index (κ2) is 7.44. The molecule has 0 radical (unpaired) electrons. The van der Waals surface area contributed by atoms with Crippen LogP contribution >= 0.6 is 7.60 Å². The Morgan fingerprint density at radius 1 is 1.41 bits per heavy atom. The fraction of sp³-hybridized carbons (Fsp3) is 0.412. The highest BCUT2D eigenvalue weighted by Crippen LogP contribution is 2.57. The third-order valence-electron chi connectivity index (χ3n) is 4.48. The van der Waals surface area contributed by atoms with E-state index in [9.17, 15) is 4.57 Å². The molecule has 144 valence electrons. The van der Waals surface area contributed by atoms with Gasteiger partial charge in [0.2, 0.25) is 0 Å². The SMILES string of the molecule is C[C@H](CN1CNc2c(N)ncnc21)OCP1(=O)OC[C@H](c2ccccc2)O1. The molecule has 10 heteroatoms. The van der Waals surface area contributed by atoms with Gasteiger partial charge < -0.3 is 25.2 Å². The molecule has 0 amide bonds. The van der Waals surface area contributed by atoms with E-state index < -0.39 is 7.60 Å². The van der Waals surface area contributed by atoms with Gasteiger partial charge in [0, 0.05) is 6.54 Å². The van der Waals surface area contributed by atoms with Crippen molar-refractivity contribution < 1.29 is 18.3 Å². The van der Waals surface area contributed by atoms with E-state index in [2.05, 4.69) is 15.3 Å². The van der Waals surface area contributed by atoms with Gasteiger partial charge >= 0.3 is 7.60 Å². The average molecular weight is 391 g/mol. The van der Waals surface area contributed by atoms with Crippen LogP contribution in [0.5, 0.6) is 0 Å². The standard InChI is InChI=1S/C17H22N5O4P/c1-12(7-22-10-21-15-16(18)19-9-20-17(15)22)24-11-27(23)25-8-14(26-27)13-5-3-2-4-6-13/h2-6,9,12,14,21H,7-8,10-11H2,1H3,(H2,18,19,20)/t12-,14-,27?/m1/s1. The highest BCUT2D eigenvalue weighted by Gasteiger charge is 2.38. The predicted octanol–water partition coefficient (Wildman–Crippen LogP) is 2.59. The van der Waals surface area contributed by atoms with Gasteiger partial charge in [-0.25, -0.2) is 9.97 Å². The topological polar surface area (TPSA) is 112 Å². The van der Waals surface area contributed by atoms with Gasteiger partial charge in [-0.3, -0.25) is 9.09 Å². The molecule has 3 heterocycles. The van der Waals surface area contributed by atoms with Crippen LogP contribution in [0.4, 0.5) is 17.3 Å². The second-order valence-electron chi connectivity index (χ2n) is 6.53. The maximum absolute atomic E-state index is 12.7. The number of nitrogens with one attached hydrogen (secondary N) is 1. The monoisotopic (exact) mass is 391 g/mol. The lowest BCUT2D eigenvalue weighted by molar-refractivity contribution is 0.0912. The van der Waals surface area contributed by atoms with E-state index in [4.69, 9.17) is 19.5 Å². The fourth-order valence-electron chi connectivity index (χ4n) is 3.11. The van der Waals surface area contributed by atoms with E-state index in [-0.39, 0.29) is 25.2 Å². The average Bonchev–Trinajstić information content (AvgIpc) is 3.27. The van der Waals surface area contributed by atoms with Crippen molar-refractivity contribution >= 4 is 24.9 Å². The molecule has 0 spiro atoms. The largest absolute Gasteiger partial charge is 0.382 e. The lowest BCUT2D eigenvalue weighted by atomic mass is 10.1. The molecule has 2 aromatic rings. The number of nitrogen functional groups attached to an aromatic ring is 1. The Kier molecular flexibility index (Phi) is 5.01. The summed E-state index contributed by atoms with van der Waals surface area (Å²) >= 11 is 0. The zero-order valence-corrected chi connectivity index (χ0v) is 15.8. The van der Waals surface area contributed by atoms with Crippen LogP contribution in [0.25, 0.3) is 0 Å². The van der Waals surface area contributed by atoms with Crippen molar-refractivity contribution in [2.75, 3.05) is 42.1 Å². The molecule has 2 aliphatic heterocycles. The molecule has 1 aromatic heterocycles. The minimum atomic E-state index is -3.27. The van der Waals surface area contributed by atoms with Gasteiger partial charge in [0.05, 0.1) is 19.4 Å². The summed E-state index contributed by atoms with van der Waals surface area (Å²) in [6.07, 6.45) is 0.812. The molecule has 1 saturated heterocycles. The maximum Gasteiger partial charge on any atom is 0.356 e. The number of rotatable bonds is 6. The van der Waals surface area contributed by atoms with Crippen LogP contribution in [0.2, 0.25) is 0 Å². The van der Waals surface area contributed by atoms with Crippen LogP contribution in [-0.2, 0) is 18.3 Å². The van der Waals surface area contributed by atoms with Gasteiger partial charge in [-0.1, -0.05) is 30.3 Å². The summed E-state index contributed by atoms with van der Waals surface area (Å²) in [6, 6.07) is 9.61. The molecule has 3 N–H and O–H groups in total. The summed E-state index contributed by atoms with van der Waals surface area (Å²) in [5.41, 5.74) is 7.52. The first kappa shape index (κ1) is 18.2. The van der Waals surface area contributed by atoms with Gasteiger partial charge in [-0.2, -0.15) is 0 Å². The van der Waals surface area contributed by atoms with E-state index in [1.165, 1.54) is 6.33 Å². The molecular weight excluding hydrogens is 369 g/mol. The lowest BCUT2D eigenvalue weighted by Gasteiger charge is -2.22. The summed E-state index contributed by atoms with van der Waals surface area (Å²) in [5, 5.41) is 3.17. The van der Waals surface area contributed by atoms with Crippen molar-refractivity contribution in [2.45, 2.75) is 19.1 Å². The summed E-state index contributed by atoms with van der Waals surface area (Å²) in [7, 11) is -3.27. The number of fused-ring (bicyclic) bond motifs is 1. The Morgan fingerprint density at radius 3 is 3.04 bits per heavy atom. The van der Waals surface area contributed by atoms with E-state index >= 15 is 0 Å². The van der Waals surface area contributed by atoms with E-state index in [0.29, 0.717) is 19.0 Å². The Bertz CT molecular complexity index is 852. The molecule has 0 saturated carbocycles. The lowest BCUT2D eigenvalue weighted by Crippen LogP contribution is -2.32. The number of anilines is 3. The van der Waals surface area contributed by atoms with Crippen molar-refractivity contribution in [1.29, 1.82) is 0 Å². The second-order valence-corrected chi connectivity index (χ2v) is 8.48. The number of nitrogens with zero attached hydrogens (tertiary/aromatic N) is 3. The summed E-state index contributed by atoms with van der Waals surface area (Å²) < 4.78 is 29.6. The molecular formula is C17H22N5O4P. The smallest absolute Gasteiger partial charge is 0.356 e. The third kappa shape index (κ3) is 3.91. The van der Waals surface area contributed by atoms with E-state index in [1.54, 1.807) is 0 Å². The zero-order valence-electron chi connectivity index (χ0n) is 14.9. The van der Waals surface area contributed by atoms with Gasteiger partial charge in [-0.05, 0) is 12.5 Å². The zero-order chi connectivity index (χ0) is 18.9. The van der Waals surface area contributed by atoms with Crippen molar-refractivity contribution in [2.24, 2.45) is 0 Å². The van der Waals surface area contributed by atoms with Gasteiger partial charge in [0.1, 0.15) is 24.5 Å². The number of hydrogen-bond acceptors (Lipinski definition) is 9. The van der Waals surface area contributed by atoms with Crippen LogP contribution in [0.1, 0.15) is 18.6 Å². The quantitative estimate of drug-likeness (QED) is 0.718. The molecule has 1 fully saturated rings. The number of aromatic nitrogens is 2. The summed E-state index contributed by atoms with van der Waals surface area (Å²) in [4.78, 5) is 10.2. The van der Waals surface area contributed by atoms with Crippen molar-refractivity contribution in [3.8, 4) is 0 Å². The van der Waals surface area contributed by atoms with E-state index in [0.717, 1.165) is 17.1 Å². The van der Waals surface area contributed by atoms with Gasteiger partial charge in [0.25, 0.3) is 0 Å². The Hall–Kier alpha value is -2.19. The molecule has 0 bridgehead atoms. The predicted molar refractivity (Wildman–Crippen MR) is 102 cm³/mol.